The summed E-state index contributed by atoms with van der Waals surface area (Å²) in [5.41, 5.74) is 6.32. The summed E-state index contributed by atoms with van der Waals surface area (Å²) in [6, 6.07) is -2.35. The Labute approximate surface area is 291 Å². The number of aliphatic carboxylic acids is 4. The summed E-state index contributed by atoms with van der Waals surface area (Å²) in [6.07, 6.45) is -2.64. The monoisotopic (exact) mass is 737 g/mol. The van der Waals surface area contributed by atoms with E-state index in [1.54, 1.807) is 12.1 Å². The fourth-order valence-corrected chi connectivity index (χ4v) is 6.57. The smallest absolute Gasteiger partial charge is 0.329 e. The number of benzene rings is 1. The highest BCUT2D eigenvalue weighted by Gasteiger charge is 2.33. The molecule has 0 bridgehead atoms. The molecule has 1 unspecified atom stereocenters. The number of thioether (sulfide) groups is 1. The summed E-state index contributed by atoms with van der Waals surface area (Å²) in [5.74, 6) is -9.48. The first-order valence-electron chi connectivity index (χ1n) is 14.9. The number of nitrogens with one attached hydrogen (secondary N) is 4. The molecule has 0 radical (unpaired) electrons. The highest BCUT2D eigenvalue weighted by molar-refractivity contribution is 8.15. The van der Waals surface area contributed by atoms with Crippen molar-refractivity contribution in [2.24, 2.45) is 16.6 Å². The molecule has 1 aromatic carbocycles. The van der Waals surface area contributed by atoms with Crippen LogP contribution in [0.25, 0.3) is 10.2 Å². The van der Waals surface area contributed by atoms with Crippen molar-refractivity contribution >= 4 is 91.6 Å². The van der Waals surface area contributed by atoms with Gasteiger partial charge in [-0.15, -0.1) is 23.1 Å². The zero-order chi connectivity index (χ0) is 37.3. The van der Waals surface area contributed by atoms with Crippen LogP contribution >= 0.6 is 23.1 Å². The molecule has 270 valence electrons. The van der Waals surface area contributed by atoms with Crippen LogP contribution in [0.15, 0.2) is 23.2 Å². The van der Waals surface area contributed by atoms with Crippen molar-refractivity contribution in [2.75, 3.05) is 11.1 Å². The lowest BCUT2D eigenvalue weighted by atomic mass is 10.0. The molecule has 19 nitrogen and oxygen atoms in total. The fraction of sp³-hybridized carbons (Fsp3) is 0.448. The molecule has 1 aromatic heterocycles. The number of anilines is 1. The highest BCUT2D eigenvalue weighted by Crippen LogP contribution is 2.31. The maximum Gasteiger partial charge on any atom is 0.329 e. The second-order valence-corrected chi connectivity index (χ2v) is 13.4. The number of hydrogen-bond acceptors (Lipinski definition) is 13. The van der Waals surface area contributed by atoms with E-state index in [1.165, 1.54) is 43.0 Å². The minimum absolute atomic E-state index is 0.235. The van der Waals surface area contributed by atoms with Crippen molar-refractivity contribution in [2.45, 2.75) is 69.7 Å². The lowest BCUT2D eigenvalue weighted by Crippen LogP contribution is -2.59. The molecular weight excluding hydrogens is 702 g/mol. The number of nitrogens with two attached hydrogens (primary N) is 1. The van der Waals surface area contributed by atoms with E-state index in [1.807, 2.05) is 0 Å². The Balaban J connectivity index is 1.74. The van der Waals surface area contributed by atoms with Crippen molar-refractivity contribution < 1.29 is 58.8 Å². The lowest BCUT2D eigenvalue weighted by Gasteiger charge is -2.27. The van der Waals surface area contributed by atoms with Gasteiger partial charge in [-0.25, -0.2) is 9.78 Å². The molecule has 0 aliphatic carbocycles. The molecule has 0 fully saturated rings. The number of hydrogen-bond donors (Lipinski definition) is 9. The van der Waals surface area contributed by atoms with E-state index in [9.17, 15) is 48.6 Å². The lowest BCUT2D eigenvalue weighted by molar-refractivity contribution is -0.141. The van der Waals surface area contributed by atoms with Gasteiger partial charge in [0.05, 0.1) is 29.1 Å². The predicted octanol–water partition coefficient (Wildman–Crippen LogP) is -0.567. The van der Waals surface area contributed by atoms with Crippen LogP contribution in [0.4, 0.5) is 5.69 Å². The van der Waals surface area contributed by atoms with Crippen LogP contribution in [0, 0.1) is 5.92 Å². The summed E-state index contributed by atoms with van der Waals surface area (Å²) in [7, 11) is 0. The third-order valence-corrected chi connectivity index (χ3v) is 9.25. The molecule has 21 heteroatoms. The Morgan fingerprint density at radius 1 is 0.860 bits per heavy atom. The molecule has 0 spiro atoms. The van der Waals surface area contributed by atoms with Gasteiger partial charge in [0.25, 0.3) is 0 Å². The summed E-state index contributed by atoms with van der Waals surface area (Å²) in [5, 5.41) is 47.1. The van der Waals surface area contributed by atoms with Gasteiger partial charge in [0.15, 0.2) is 6.04 Å². The molecule has 0 saturated heterocycles. The maximum atomic E-state index is 13.4. The minimum Gasteiger partial charge on any atom is -0.481 e. The fourth-order valence-electron chi connectivity index (χ4n) is 4.47. The van der Waals surface area contributed by atoms with E-state index >= 15 is 0 Å². The zero-order valence-electron chi connectivity index (χ0n) is 26.6. The second kappa shape index (κ2) is 17.5. The molecular formula is C29H35N7O12S2. The number of carbonyl (C=O) groups is 8. The van der Waals surface area contributed by atoms with Crippen LogP contribution in [0.3, 0.4) is 0 Å². The number of carbonyl (C=O) groups excluding carboxylic acids is 4. The number of nitrogens with zero attached hydrogens (tertiary/aromatic N) is 2. The molecule has 10 N–H and O–H groups in total. The molecule has 4 amide bonds. The summed E-state index contributed by atoms with van der Waals surface area (Å²) in [6.45, 7) is 3.06. The van der Waals surface area contributed by atoms with E-state index in [-0.39, 0.29) is 11.4 Å². The zero-order valence-corrected chi connectivity index (χ0v) is 28.2. The van der Waals surface area contributed by atoms with Crippen LogP contribution in [0.2, 0.25) is 0 Å². The van der Waals surface area contributed by atoms with E-state index < -0.39 is 109 Å². The Morgan fingerprint density at radius 3 is 2.10 bits per heavy atom. The van der Waals surface area contributed by atoms with E-state index in [4.69, 9.17) is 15.9 Å². The van der Waals surface area contributed by atoms with Crippen molar-refractivity contribution in [1.29, 1.82) is 0 Å². The normalized spacial score (nSPS) is 16.4. The average Bonchev–Trinajstić information content (AvgIpc) is 3.68. The maximum absolute atomic E-state index is 13.4. The number of aliphatic imine (C=N–C) groups is 1. The highest BCUT2D eigenvalue weighted by atomic mass is 32.2. The summed E-state index contributed by atoms with van der Waals surface area (Å²) in [4.78, 5) is 106. The molecule has 50 heavy (non-hydrogen) atoms. The van der Waals surface area contributed by atoms with Crippen LogP contribution < -0.4 is 27.0 Å². The van der Waals surface area contributed by atoms with Gasteiger partial charge >= 0.3 is 23.9 Å². The van der Waals surface area contributed by atoms with Gasteiger partial charge in [0.2, 0.25) is 23.6 Å². The van der Waals surface area contributed by atoms with Gasteiger partial charge in [-0.1, -0.05) is 13.8 Å². The topological polar surface area (TPSA) is 317 Å². The molecule has 1 aliphatic heterocycles. The van der Waals surface area contributed by atoms with Gasteiger partial charge in [-0.05, 0) is 30.5 Å². The molecule has 3 rings (SSSR count). The van der Waals surface area contributed by atoms with E-state index in [0.29, 0.717) is 20.3 Å². The van der Waals surface area contributed by atoms with Crippen LogP contribution in [-0.4, -0.2) is 114 Å². The van der Waals surface area contributed by atoms with Crippen molar-refractivity contribution in [3.63, 3.8) is 0 Å². The number of rotatable bonds is 18. The molecule has 0 saturated carbocycles. The Bertz CT molecular complexity index is 1710. The molecule has 2 heterocycles. The number of aromatic nitrogens is 1. The Morgan fingerprint density at radius 2 is 1.52 bits per heavy atom. The molecule has 1 aliphatic rings. The Hall–Kier alpha value is -5.15. The van der Waals surface area contributed by atoms with Gasteiger partial charge in [0.1, 0.15) is 28.2 Å². The first-order chi connectivity index (χ1) is 23.4. The van der Waals surface area contributed by atoms with Gasteiger partial charge in [0, 0.05) is 17.9 Å². The first kappa shape index (κ1) is 39.3. The number of thiazole rings is 1. The molecule has 2 aromatic rings. The van der Waals surface area contributed by atoms with Crippen molar-refractivity contribution in [3.8, 4) is 0 Å². The standard InChI is InChI=1S/C29H35N7O12S2/c1-11(2)22(36-24(44)15(5-6-19(37)38)32-23(43)13(30)8-20(39)40)26(46)33-16(9-21(41)42)25(45)31-12-3-4-14-18(7-12)50-28(34-14)27-35-17(10-49-27)29(47)48/h3-4,7,11,13,15-17,22H,5-6,8-10,30H2,1-2H3,(H,31,45)(H,32,43)(H,33,46)(H,36,44)(H,37,38)(H,39,40)(H,41,42)(H,47,48)/t13-,15-,16-,17?,22-/m0/s1. The third-order valence-electron chi connectivity index (χ3n) is 7.04. The third kappa shape index (κ3) is 11.2. The van der Waals surface area contributed by atoms with Gasteiger partial charge in [-0.3, -0.25) is 38.6 Å². The number of carboxylic acid groups (broad SMARTS) is 4. The van der Waals surface area contributed by atoms with Crippen LogP contribution in [-0.2, 0) is 38.4 Å². The predicted molar refractivity (Wildman–Crippen MR) is 179 cm³/mol. The average molecular weight is 738 g/mol. The van der Waals surface area contributed by atoms with Crippen molar-refractivity contribution in [3.05, 3.63) is 23.2 Å². The van der Waals surface area contributed by atoms with Gasteiger partial charge in [-0.2, -0.15) is 0 Å². The molecule has 5 atom stereocenters. The largest absolute Gasteiger partial charge is 0.481 e. The number of carboxylic acids is 4. The Kier molecular flexibility index (Phi) is 13.7. The number of fused-ring (bicyclic) bond motifs is 1. The van der Waals surface area contributed by atoms with Crippen molar-refractivity contribution in [1.82, 2.24) is 20.9 Å². The van der Waals surface area contributed by atoms with Crippen LogP contribution in [0.5, 0.6) is 0 Å². The number of amides is 4. The van der Waals surface area contributed by atoms with E-state index in [0.717, 1.165) is 0 Å². The van der Waals surface area contributed by atoms with Gasteiger partial charge < -0.3 is 47.4 Å². The second-order valence-electron chi connectivity index (χ2n) is 11.4. The minimum atomic E-state index is -1.63. The van der Waals surface area contributed by atoms with E-state index in [2.05, 4.69) is 31.2 Å². The quantitative estimate of drug-likeness (QED) is 0.0925. The summed E-state index contributed by atoms with van der Waals surface area (Å²) >= 11 is 2.46. The summed E-state index contributed by atoms with van der Waals surface area (Å²) < 4.78 is 0.606. The van der Waals surface area contributed by atoms with Crippen LogP contribution in [0.1, 0.15) is 44.5 Å². The SMILES string of the molecule is CC(C)[C@H](NC(=O)[C@H](CCC(=O)O)NC(=O)[C@@H](N)CC(=O)O)C(=O)N[C@@H](CC(=O)O)C(=O)Nc1ccc2nc(C3=NC(C(=O)O)CS3)sc2c1. The first-order valence-corrected chi connectivity index (χ1v) is 16.7.